The van der Waals surface area contributed by atoms with Gasteiger partial charge in [0.25, 0.3) is 0 Å². The number of carboxylic acid groups (broad SMARTS) is 5. The third kappa shape index (κ3) is 7.21. The van der Waals surface area contributed by atoms with Crippen molar-refractivity contribution >= 4 is 40.8 Å². The Morgan fingerprint density at radius 1 is 0.660 bits per heavy atom. The normalized spacial score (nSPS) is 11.4. The molecule has 17 heteroatoms. The minimum Gasteiger partial charge on any atom is -0.507 e. The fourth-order valence-electron chi connectivity index (χ4n) is 5.21. The quantitative estimate of drug-likeness (QED) is 0.0540. The van der Waals surface area contributed by atoms with Crippen LogP contribution in [0.3, 0.4) is 0 Å². The zero-order chi connectivity index (χ0) is 34.7. The van der Waals surface area contributed by atoms with Gasteiger partial charge in [0.15, 0.2) is 16.8 Å². The molecule has 17 nitrogen and oxygen atoms in total. The lowest BCUT2D eigenvalue weighted by Crippen LogP contribution is -2.35. The highest BCUT2D eigenvalue weighted by Gasteiger charge is 2.31. The number of phenolic OH excluding ortho intramolecular Hbond substituents is 3. The molecular weight excluding hydrogens is 628 g/mol. The smallest absolute Gasteiger partial charge is 0.336 e. The summed E-state index contributed by atoms with van der Waals surface area (Å²) < 4.78 is 5.74. The molecule has 0 radical (unpaired) electrons. The van der Waals surface area contributed by atoms with Crippen molar-refractivity contribution in [2.45, 2.75) is 13.1 Å². The molecule has 0 saturated heterocycles. The van der Waals surface area contributed by atoms with E-state index >= 15 is 0 Å². The third-order valence-electron chi connectivity index (χ3n) is 7.01. The Labute approximate surface area is 262 Å². The average Bonchev–Trinajstić information content (AvgIpc) is 2.96. The van der Waals surface area contributed by atoms with Crippen LogP contribution < -0.4 is 5.43 Å². The van der Waals surface area contributed by atoms with Crippen molar-refractivity contribution in [3.63, 3.8) is 0 Å². The van der Waals surface area contributed by atoms with E-state index in [1.807, 2.05) is 0 Å². The highest BCUT2D eigenvalue weighted by atomic mass is 16.4. The van der Waals surface area contributed by atoms with Crippen molar-refractivity contribution in [3.05, 3.63) is 63.3 Å². The second-order valence-corrected chi connectivity index (χ2v) is 10.4. The highest BCUT2D eigenvalue weighted by Crippen LogP contribution is 2.52. The Balaban J connectivity index is 2.12. The van der Waals surface area contributed by atoms with Gasteiger partial charge in [0.1, 0.15) is 11.5 Å². The first-order valence-electron chi connectivity index (χ1n) is 13.4. The van der Waals surface area contributed by atoms with E-state index in [4.69, 9.17) is 4.42 Å². The first-order valence-corrected chi connectivity index (χ1v) is 13.4. The number of fused-ring (bicyclic) bond motifs is 2. The van der Waals surface area contributed by atoms with Crippen LogP contribution in [0, 0.1) is 0 Å². The summed E-state index contributed by atoms with van der Waals surface area (Å²) in [6.07, 6.45) is 0. The van der Waals surface area contributed by atoms with E-state index in [1.54, 1.807) is 0 Å². The van der Waals surface area contributed by atoms with E-state index in [1.165, 1.54) is 30.3 Å². The third-order valence-corrected chi connectivity index (χ3v) is 7.01. The summed E-state index contributed by atoms with van der Waals surface area (Å²) in [4.78, 5) is 72.7. The summed E-state index contributed by atoms with van der Waals surface area (Å²) in [5.74, 6) is -10.3. The van der Waals surface area contributed by atoms with Crippen molar-refractivity contribution < 1.29 is 69.2 Å². The predicted octanol–water partition coefficient (Wildman–Crippen LogP) is 1.32. The Morgan fingerprint density at radius 3 is 1.72 bits per heavy atom. The van der Waals surface area contributed by atoms with Crippen LogP contribution in [0.25, 0.3) is 33.4 Å². The number of nitrogens with zero attached hydrogens (tertiary/aromatic N) is 2. The van der Waals surface area contributed by atoms with E-state index < -0.39 is 108 Å². The Bertz CT molecular complexity index is 1930. The van der Waals surface area contributed by atoms with E-state index in [9.17, 15) is 69.6 Å². The number of aromatic hydroxyl groups is 3. The molecule has 1 aliphatic heterocycles. The maximum Gasteiger partial charge on any atom is 0.336 e. The molecule has 246 valence electrons. The highest BCUT2D eigenvalue weighted by molar-refractivity contribution is 6.11. The minimum absolute atomic E-state index is 0.0642. The number of carboxylic acids is 5. The molecular formula is C30H26N2O15. The zero-order valence-corrected chi connectivity index (χ0v) is 24.0. The molecule has 0 bridgehead atoms. The molecule has 0 atom stereocenters. The number of aliphatic carboxylic acids is 4. The summed E-state index contributed by atoms with van der Waals surface area (Å²) in [5, 5.41) is 80.1. The van der Waals surface area contributed by atoms with Crippen LogP contribution in [0.5, 0.6) is 17.2 Å². The van der Waals surface area contributed by atoms with Crippen LogP contribution in [0.1, 0.15) is 21.5 Å². The van der Waals surface area contributed by atoms with Crippen LogP contribution in [0.15, 0.2) is 45.6 Å². The number of rotatable bonds is 14. The summed E-state index contributed by atoms with van der Waals surface area (Å²) in [6.45, 7) is -4.48. The van der Waals surface area contributed by atoms with E-state index in [0.29, 0.717) is 0 Å². The van der Waals surface area contributed by atoms with Crippen molar-refractivity contribution in [3.8, 4) is 39.7 Å². The lowest BCUT2D eigenvalue weighted by atomic mass is 9.88. The van der Waals surface area contributed by atoms with Crippen molar-refractivity contribution in [2.24, 2.45) is 0 Å². The molecule has 0 spiro atoms. The maximum absolute atomic E-state index is 13.1. The van der Waals surface area contributed by atoms with Gasteiger partial charge in [-0.2, -0.15) is 0 Å². The summed E-state index contributed by atoms with van der Waals surface area (Å²) in [6, 6.07) is 7.46. The van der Waals surface area contributed by atoms with Crippen LogP contribution in [0.2, 0.25) is 0 Å². The number of aromatic carboxylic acids is 1. The van der Waals surface area contributed by atoms with Gasteiger partial charge in [-0.15, -0.1) is 0 Å². The number of phenols is 3. The predicted molar refractivity (Wildman–Crippen MR) is 158 cm³/mol. The largest absolute Gasteiger partial charge is 0.507 e. The maximum atomic E-state index is 13.1. The molecule has 0 unspecified atom stereocenters. The SMILES string of the molecule is O=C(O)CN(CC(=O)O)Cc1c(O)c(O)c2oc3cc(=O)c(CN(CC(=O)O)CC(=O)O)cc-3c(-c3ccccc3C(=O)O)c2c1O. The molecule has 2 aliphatic rings. The van der Waals surface area contributed by atoms with E-state index in [-0.39, 0.29) is 33.6 Å². The van der Waals surface area contributed by atoms with Crippen LogP contribution in [-0.2, 0) is 32.3 Å². The van der Waals surface area contributed by atoms with E-state index in [0.717, 1.165) is 15.9 Å². The number of hydrogen-bond donors (Lipinski definition) is 8. The van der Waals surface area contributed by atoms with Crippen LogP contribution in [0.4, 0.5) is 0 Å². The number of hydrogen-bond acceptors (Lipinski definition) is 12. The van der Waals surface area contributed by atoms with Crippen LogP contribution >= 0.6 is 0 Å². The van der Waals surface area contributed by atoms with Gasteiger partial charge in [-0.25, -0.2) is 4.79 Å². The van der Waals surface area contributed by atoms with E-state index in [2.05, 4.69) is 0 Å². The zero-order valence-electron chi connectivity index (χ0n) is 24.0. The second-order valence-electron chi connectivity index (χ2n) is 10.4. The van der Waals surface area contributed by atoms with Crippen molar-refractivity contribution in [1.29, 1.82) is 0 Å². The van der Waals surface area contributed by atoms with Gasteiger partial charge in [-0.1, -0.05) is 18.2 Å². The number of carbonyl (C=O) groups is 5. The molecule has 47 heavy (non-hydrogen) atoms. The Morgan fingerprint density at radius 2 is 1.19 bits per heavy atom. The Kier molecular flexibility index (Phi) is 9.62. The van der Waals surface area contributed by atoms with Gasteiger partial charge in [-0.05, 0) is 17.7 Å². The molecule has 2 aromatic rings. The van der Waals surface area contributed by atoms with Gasteiger partial charge in [0.2, 0.25) is 5.75 Å². The van der Waals surface area contributed by atoms with Crippen molar-refractivity contribution in [1.82, 2.24) is 9.80 Å². The average molecular weight is 655 g/mol. The van der Waals surface area contributed by atoms with Gasteiger partial charge < -0.3 is 45.3 Å². The topological polar surface area (TPSA) is 284 Å². The standard InChI is InChI=1S/C30H26N2O15/c33-18-6-19-16(5-13(18)7-31(9-20(34)35)10-21(36)37)24(14-3-1-2-4-15(14)30(45)46)25-26(42)17(27(43)28(44)29(25)47-19)8-32(11-22(38)39)12-23(40)41/h1-6,42-44H,7-12H2,(H,34,35)(H,36,37)(H,38,39)(H,40,41)(H,45,46). The first-order chi connectivity index (χ1) is 22.1. The summed E-state index contributed by atoms with van der Waals surface area (Å²) in [7, 11) is 0. The Hall–Kier alpha value is -6.20. The molecule has 1 heterocycles. The summed E-state index contributed by atoms with van der Waals surface area (Å²) >= 11 is 0. The molecule has 0 saturated carbocycles. The second kappa shape index (κ2) is 13.4. The van der Waals surface area contributed by atoms with Crippen molar-refractivity contribution in [2.75, 3.05) is 26.2 Å². The minimum atomic E-state index is -1.45. The monoisotopic (exact) mass is 654 g/mol. The molecule has 4 rings (SSSR count). The first kappa shape index (κ1) is 33.7. The number of benzene rings is 3. The lowest BCUT2D eigenvalue weighted by Gasteiger charge is -2.23. The molecule has 0 aromatic heterocycles. The van der Waals surface area contributed by atoms with Gasteiger partial charge in [-0.3, -0.25) is 33.8 Å². The van der Waals surface area contributed by atoms with Gasteiger partial charge in [0, 0.05) is 35.8 Å². The molecule has 2 aromatic carbocycles. The van der Waals surface area contributed by atoms with Gasteiger partial charge in [0.05, 0.1) is 42.7 Å². The molecule has 8 N–H and O–H groups in total. The molecule has 0 amide bonds. The van der Waals surface area contributed by atoms with Crippen LogP contribution in [-0.4, -0.2) is 107 Å². The molecule has 0 fully saturated rings. The van der Waals surface area contributed by atoms with Gasteiger partial charge >= 0.3 is 29.8 Å². The summed E-state index contributed by atoms with van der Waals surface area (Å²) in [5.41, 5.74) is -2.74. The lowest BCUT2D eigenvalue weighted by molar-refractivity contribution is -0.144. The fourth-order valence-corrected chi connectivity index (χ4v) is 5.21. The molecule has 1 aliphatic carbocycles. The fraction of sp³-hybridized carbons (Fsp3) is 0.200.